The molecular weight excluding hydrogens is 266 g/mol. The number of aryl methyl sites for hydroxylation is 1. The maximum Gasteiger partial charge on any atom is 0.231 e. The van der Waals surface area contributed by atoms with Gasteiger partial charge in [-0.05, 0) is 38.0 Å². The summed E-state index contributed by atoms with van der Waals surface area (Å²) >= 11 is 0. The van der Waals surface area contributed by atoms with E-state index in [9.17, 15) is 4.79 Å². The van der Waals surface area contributed by atoms with E-state index in [0.29, 0.717) is 0 Å². The van der Waals surface area contributed by atoms with Crippen LogP contribution in [-0.4, -0.2) is 5.91 Å². The summed E-state index contributed by atoms with van der Waals surface area (Å²) in [7, 11) is 0. The zero-order valence-electron chi connectivity index (χ0n) is 11.7. The summed E-state index contributed by atoms with van der Waals surface area (Å²) in [6, 6.07) is 5.79. The van der Waals surface area contributed by atoms with Gasteiger partial charge in [-0.1, -0.05) is 6.58 Å². The second kappa shape index (κ2) is 4.25. The largest absolute Gasteiger partial charge is 0.464 e. The van der Waals surface area contributed by atoms with E-state index in [1.165, 1.54) is 0 Å². The molecule has 0 radical (unpaired) electrons. The SMILES string of the molecule is C=C1CC[C@H](c2coc3ccc4oc(C)cc4c23)C(=O)N1. The van der Waals surface area contributed by atoms with Gasteiger partial charge in [-0.3, -0.25) is 4.79 Å². The first-order valence-corrected chi connectivity index (χ1v) is 7.02. The quantitative estimate of drug-likeness (QED) is 0.733. The predicted octanol–water partition coefficient (Wildman–Crippen LogP) is 3.99. The van der Waals surface area contributed by atoms with Gasteiger partial charge < -0.3 is 14.2 Å². The van der Waals surface area contributed by atoms with E-state index < -0.39 is 0 Å². The van der Waals surface area contributed by atoms with E-state index in [1.807, 2.05) is 25.1 Å². The molecular formula is C17H15NO3. The first-order valence-electron chi connectivity index (χ1n) is 7.02. The van der Waals surface area contributed by atoms with Gasteiger partial charge in [0.15, 0.2) is 0 Å². The molecule has 0 spiro atoms. The Kier molecular flexibility index (Phi) is 2.48. The third-order valence-electron chi connectivity index (χ3n) is 4.11. The molecule has 1 atom stereocenters. The third kappa shape index (κ3) is 1.79. The molecule has 1 N–H and O–H groups in total. The fourth-order valence-corrected chi connectivity index (χ4v) is 3.13. The van der Waals surface area contributed by atoms with E-state index in [4.69, 9.17) is 8.83 Å². The van der Waals surface area contributed by atoms with Crippen molar-refractivity contribution in [3.63, 3.8) is 0 Å². The van der Waals surface area contributed by atoms with E-state index in [0.717, 1.165) is 51.8 Å². The van der Waals surface area contributed by atoms with Crippen LogP contribution in [0.4, 0.5) is 0 Å². The van der Waals surface area contributed by atoms with Crippen LogP contribution in [0.25, 0.3) is 21.9 Å². The molecule has 4 rings (SSSR count). The molecule has 0 saturated carbocycles. The fraction of sp³-hybridized carbons (Fsp3) is 0.235. The maximum absolute atomic E-state index is 12.3. The molecule has 0 unspecified atom stereocenters. The van der Waals surface area contributed by atoms with Crippen LogP contribution in [0.2, 0.25) is 0 Å². The number of amides is 1. The zero-order valence-corrected chi connectivity index (χ0v) is 11.7. The van der Waals surface area contributed by atoms with E-state index in [-0.39, 0.29) is 11.8 Å². The van der Waals surface area contributed by atoms with E-state index in [1.54, 1.807) is 6.26 Å². The van der Waals surface area contributed by atoms with Crippen molar-refractivity contribution in [2.75, 3.05) is 0 Å². The first kappa shape index (κ1) is 12.3. The molecule has 0 aliphatic carbocycles. The highest BCUT2D eigenvalue weighted by atomic mass is 16.3. The van der Waals surface area contributed by atoms with Crippen molar-refractivity contribution in [2.24, 2.45) is 0 Å². The number of furan rings is 2. The van der Waals surface area contributed by atoms with Gasteiger partial charge in [-0.15, -0.1) is 0 Å². The Morgan fingerprint density at radius 2 is 2.14 bits per heavy atom. The lowest BCUT2D eigenvalue weighted by Crippen LogP contribution is -2.33. The van der Waals surface area contributed by atoms with E-state index in [2.05, 4.69) is 11.9 Å². The van der Waals surface area contributed by atoms with Crippen LogP contribution in [0.5, 0.6) is 0 Å². The molecule has 21 heavy (non-hydrogen) atoms. The van der Waals surface area contributed by atoms with Gasteiger partial charge in [0.05, 0.1) is 12.2 Å². The summed E-state index contributed by atoms with van der Waals surface area (Å²) < 4.78 is 11.3. The maximum atomic E-state index is 12.3. The van der Waals surface area contributed by atoms with Crippen molar-refractivity contribution < 1.29 is 13.6 Å². The normalized spacial score (nSPS) is 19.4. The van der Waals surface area contributed by atoms with Gasteiger partial charge in [0.2, 0.25) is 5.91 Å². The summed E-state index contributed by atoms with van der Waals surface area (Å²) in [5.41, 5.74) is 3.33. The molecule has 2 aromatic heterocycles. The van der Waals surface area contributed by atoms with Gasteiger partial charge in [0.1, 0.15) is 16.9 Å². The van der Waals surface area contributed by atoms with Crippen LogP contribution >= 0.6 is 0 Å². The van der Waals surface area contributed by atoms with Crippen LogP contribution in [0.15, 0.2) is 45.6 Å². The molecule has 1 aliphatic rings. The first-order chi connectivity index (χ1) is 10.1. The Morgan fingerprint density at radius 1 is 1.33 bits per heavy atom. The summed E-state index contributed by atoms with van der Waals surface area (Å²) in [6.45, 7) is 5.75. The van der Waals surface area contributed by atoms with Gasteiger partial charge >= 0.3 is 0 Å². The number of hydrogen-bond acceptors (Lipinski definition) is 3. The van der Waals surface area contributed by atoms with Crippen molar-refractivity contribution in [1.82, 2.24) is 5.32 Å². The lowest BCUT2D eigenvalue weighted by atomic mass is 9.89. The van der Waals surface area contributed by atoms with Crippen molar-refractivity contribution in [1.29, 1.82) is 0 Å². The second-order valence-electron chi connectivity index (χ2n) is 5.58. The average Bonchev–Trinajstić information content (AvgIpc) is 3.00. The predicted molar refractivity (Wildman–Crippen MR) is 80.0 cm³/mol. The molecule has 3 heterocycles. The fourth-order valence-electron chi connectivity index (χ4n) is 3.13. The number of benzene rings is 1. The summed E-state index contributed by atoms with van der Waals surface area (Å²) in [5, 5.41) is 4.83. The number of rotatable bonds is 1. The minimum Gasteiger partial charge on any atom is -0.464 e. The van der Waals surface area contributed by atoms with Gasteiger partial charge in [0, 0.05) is 22.0 Å². The monoisotopic (exact) mass is 281 g/mol. The standard InChI is InChI=1S/C17H15NO3/c1-9-3-4-11(17(19)18-9)13-8-20-15-6-5-14-12(16(13)15)7-10(2)21-14/h5-8,11H,1,3-4H2,2H3,(H,18,19)/t11-/m1/s1. The lowest BCUT2D eigenvalue weighted by Gasteiger charge is -2.22. The van der Waals surface area contributed by atoms with Gasteiger partial charge in [0.25, 0.3) is 0 Å². The molecule has 0 bridgehead atoms. The Hall–Kier alpha value is -2.49. The number of piperidine rings is 1. The number of nitrogens with one attached hydrogen (secondary N) is 1. The summed E-state index contributed by atoms with van der Waals surface area (Å²) in [4.78, 5) is 12.3. The number of fused-ring (bicyclic) bond motifs is 3. The van der Waals surface area contributed by atoms with Gasteiger partial charge in [-0.25, -0.2) is 0 Å². The highest BCUT2D eigenvalue weighted by Crippen LogP contribution is 2.38. The Bertz CT molecular complexity index is 884. The van der Waals surface area contributed by atoms with Crippen LogP contribution in [0, 0.1) is 6.92 Å². The highest BCUT2D eigenvalue weighted by Gasteiger charge is 2.29. The van der Waals surface area contributed by atoms with Crippen molar-refractivity contribution in [2.45, 2.75) is 25.7 Å². The molecule has 1 aliphatic heterocycles. The Labute approximate surface area is 121 Å². The second-order valence-corrected chi connectivity index (χ2v) is 5.58. The molecule has 1 aromatic carbocycles. The zero-order chi connectivity index (χ0) is 14.6. The molecule has 4 nitrogen and oxygen atoms in total. The topological polar surface area (TPSA) is 55.4 Å². The van der Waals surface area contributed by atoms with E-state index >= 15 is 0 Å². The minimum absolute atomic E-state index is 0.00818. The molecule has 3 aromatic rings. The number of carbonyl (C=O) groups is 1. The van der Waals surface area contributed by atoms with Crippen molar-refractivity contribution in [3.05, 3.63) is 48.1 Å². The van der Waals surface area contributed by atoms with Gasteiger partial charge in [-0.2, -0.15) is 0 Å². The smallest absolute Gasteiger partial charge is 0.231 e. The summed E-state index contributed by atoms with van der Waals surface area (Å²) in [5.74, 6) is 0.648. The van der Waals surface area contributed by atoms with Crippen molar-refractivity contribution >= 4 is 27.8 Å². The highest BCUT2D eigenvalue weighted by molar-refractivity contribution is 6.08. The number of allylic oxidation sites excluding steroid dienone is 1. The van der Waals surface area contributed by atoms with Crippen LogP contribution < -0.4 is 5.32 Å². The molecule has 1 fully saturated rings. The van der Waals surface area contributed by atoms with Crippen LogP contribution in [-0.2, 0) is 4.79 Å². The Balaban J connectivity index is 1.94. The number of carbonyl (C=O) groups excluding carboxylic acids is 1. The molecule has 1 saturated heterocycles. The minimum atomic E-state index is -0.197. The summed E-state index contributed by atoms with van der Waals surface area (Å²) in [6.07, 6.45) is 3.25. The third-order valence-corrected chi connectivity index (χ3v) is 4.11. The molecule has 1 amide bonds. The average molecular weight is 281 g/mol. The van der Waals surface area contributed by atoms with Crippen LogP contribution in [0.1, 0.15) is 30.1 Å². The number of hydrogen-bond donors (Lipinski definition) is 1. The lowest BCUT2D eigenvalue weighted by molar-refractivity contribution is -0.122. The Morgan fingerprint density at radius 3 is 2.95 bits per heavy atom. The van der Waals surface area contributed by atoms with Crippen molar-refractivity contribution in [3.8, 4) is 0 Å². The molecule has 106 valence electrons. The molecule has 4 heteroatoms. The van der Waals surface area contributed by atoms with Crippen LogP contribution in [0.3, 0.4) is 0 Å².